The molecule has 0 radical (unpaired) electrons. The summed E-state index contributed by atoms with van der Waals surface area (Å²) in [6.07, 6.45) is 0. The van der Waals surface area contributed by atoms with Crippen LogP contribution in [0.4, 0.5) is 0 Å². The van der Waals surface area contributed by atoms with Gasteiger partial charge in [-0.05, 0) is 56.5 Å². The first-order chi connectivity index (χ1) is 13.8. The topological polar surface area (TPSA) is 55.8 Å². The third-order valence-corrected chi connectivity index (χ3v) is 5.10. The average Bonchev–Trinajstić information content (AvgIpc) is 2.71. The summed E-state index contributed by atoms with van der Waals surface area (Å²) in [7, 11) is 1.63. The number of esters is 1. The Kier molecular flexibility index (Phi) is 7.82. The van der Waals surface area contributed by atoms with E-state index in [0.717, 1.165) is 33.6 Å². The van der Waals surface area contributed by atoms with Crippen LogP contribution in [0.3, 0.4) is 0 Å². The molecule has 1 amide bonds. The summed E-state index contributed by atoms with van der Waals surface area (Å²) in [6, 6.07) is 12.0. The molecule has 0 heterocycles. The highest BCUT2D eigenvalue weighted by Gasteiger charge is 2.20. The van der Waals surface area contributed by atoms with E-state index in [1.54, 1.807) is 25.9 Å². The average molecular weight is 398 g/mol. The van der Waals surface area contributed by atoms with Crippen LogP contribution in [0, 0.1) is 6.92 Å². The molecular weight excluding hydrogens is 366 g/mol. The summed E-state index contributed by atoms with van der Waals surface area (Å²) in [5, 5.41) is 0. The first-order valence-electron chi connectivity index (χ1n) is 10.0. The number of amides is 1. The van der Waals surface area contributed by atoms with E-state index in [1.165, 1.54) is 0 Å². The lowest BCUT2D eigenvalue weighted by atomic mass is 9.92. The van der Waals surface area contributed by atoms with E-state index in [2.05, 4.69) is 12.1 Å². The molecule has 156 valence electrons. The molecule has 29 heavy (non-hydrogen) atoms. The number of carbonyl (C=O) groups is 2. The number of rotatable bonds is 8. The second-order valence-corrected chi connectivity index (χ2v) is 7.13. The van der Waals surface area contributed by atoms with Crippen molar-refractivity contribution in [1.29, 1.82) is 0 Å². The van der Waals surface area contributed by atoms with Gasteiger partial charge in [-0.25, -0.2) is 0 Å². The van der Waals surface area contributed by atoms with E-state index in [0.29, 0.717) is 19.7 Å². The molecule has 5 heteroatoms. The smallest absolute Gasteiger partial charge is 0.313 e. The molecule has 0 saturated heterocycles. The summed E-state index contributed by atoms with van der Waals surface area (Å²) < 4.78 is 10.8. The highest BCUT2D eigenvalue weighted by Crippen LogP contribution is 2.36. The van der Waals surface area contributed by atoms with Gasteiger partial charge >= 0.3 is 5.97 Å². The molecule has 0 aliphatic carbocycles. The first-order valence-corrected chi connectivity index (χ1v) is 10.0. The van der Waals surface area contributed by atoms with Crippen molar-refractivity contribution >= 4 is 11.9 Å². The van der Waals surface area contributed by atoms with Crippen LogP contribution in [0.25, 0.3) is 11.1 Å². The molecule has 1 unspecified atom stereocenters. The van der Waals surface area contributed by atoms with Gasteiger partial charge in [0, 0.05) is 25.6 Å². The van der Waals surface area contributed by atoms with Crippen LogP contribution in [0.15, 0.2) is 36.4 Å². The minimum Gasteiger partial charge on any atom is -0.496 e. The molecule has 0 N–H and O–H groups in total. The highest BCUT2D eigenvalue weighted by atomic mass is 16.5. The Bertz CT molecular complexity index is 875. The molecular formula is C24H31NO4. The number of ether oxygens (including phenoxy) is 2. The predicted molar refractivity (Wildman–Crippen MR) is 115 cm³/mol. The first kappa shape index (κ1) is 22.5. The third-order valence-electron chi connectivity index (χ3n) is 5.10. The molecule has 0 aliphatic rings. The zero-order chi connectivity index (χ0) is 21.6. The van der Waals surface area contributed by atoms with Gasteiger partial charge in [-0.15, -0.1) is 0 Å². The maximum absolute atomic E-state index is 12.2. The van der Waals surface area contributed by atoms with E-state index >= 15 is 0 Å². The minimum absolute atomic E-state index is 0.0385. The molecule has 5 nitrogen and oxygen atoms in total. The number of nitrogens with zero attached hydrogens (tertiary/aromatic N) is 1. The van der Waals surface area contributed by atoms with Gasteiger partial charge in [0.2, 0.25) is 5.91 Å². The Balaban J connectivity index is 2.56. The van der Waals surface area contributed by atoms with E-state index < -0.39 is 0 Å². The lowest BCUT2D eigenvalue weighted by Crippen LogP contribution is -2.28. The maximum Gasteiger partial charge on any atom is 0.313 e. The fourth-order valence-electron chi connectivity index (χ4n) is 3.38. The Morgan fingerprint density at radius 2 is 1.79 bits per heavy atom. The van der Waals surface area contributed by atoms with Crippen molar-refractivity contribution < 1.29 is 19.1 Å². The van der Waals surface area contributed by atoms with Gasteiger partial charge in [0.15, 0.2) is 0 Å². The van der Waals surface area contributed by atoms with Crippen LogP contribution in [-0.4, -0.2) is 37.0 Å². The van der Waals surface area contributed by atoms with Crippen molar-refractivity contribution in [3.8, 4) is 16.9 Å². The fraction of sp³-hybridized carbons (Fsp3) is 0.417. The van der Waals surface area contributed by atoms with Gasteiger partial charge < -0.3 is 14.4 Å². The lowest BCUT2D eigenvalue weighted by Gasteiger charge is -2.22. The molecule has 0 aromatic heterocycles. The number of methoxy groups -OCH3 is 1. The molecule has 1 atom stereocenters. The van der Waals surface area contributed by atoms with Crippen LogP contribution in [0.1, 0.15) is 50.3 Å². The SMILES string of the molecule is CCOC(=O)C(C)c1ccc(OC)c(-c2ccc(C)cc2CN(CC)C(C)=O)c1. The quantitative estimate of drug-likeness (QED) is 0.606. The van der Waals surface area contributed by atoms with Gasteiger partial charge in [0.25, 0.3) is 0 Å². The number of hydrogen-bond acceptors (Lipinski definition) is 4. The Morgan fingerprint density at radius 3 is 2.38 bits per heavy atom. The van der Waals surface area contributed by atoms with E-state index in [1.807, 2.05) is 45.0 Å². The summed E-state index contributed by atoms with van der Waals surface area (Å²) in [4.78, 5) is 26.0. The normalized spacial score (nSPS) is 11.7. The van der Waals surface area contributed by atoms with Gasteiger partial charge in [-0.2, -0.15) is 0 Å². The van der Waals surface area contributed by atoms with Crippen LogP contribution >= 0.6 is 0 Å². The molecule has 0 spiro atoms. The highest BCUT2D eigenvalue weighted by molar-refractivity contribution is 5.81. The Morgan fingerprint density at radius 1 is 1.07 bits per heavy atom. The van der Waals surface area contributed by atoms with Crippen LogP contribution in [0.2, 0.25) is 0 Å². The monoisotopic (exact) mass is 397 g/mol. The summed E-state index contributed by atoms with van der Waals surface area (Å²) in [5.41, 5.74) is 4.92. The van der Waals surface area contributed by atoms with E-state index in [9.17, 15) is 9.59 Å². The van der Waals surface area contributed by atoms with Gasteiger partial charge in [-0.1, -0.05) is 29.8 Å². The summed E-state index contributed by atoms with van der Waals surface area (Å²) in [6.45, 7) is 10.7. The van der Waals surface area contributed by atoms with Crippen molar-refractivity contribution in [3.63, 3.8) is 0 Å². The number of carbonyl (C=O) groups excluding carboxylic acids is 2. The molecule has 2 rings (SSSR count). The second kappa shape index (κ2) is 10.1. The minimum atomic E-state index is -0.377. The van der Waals surface area contributed by atoms with Crippen molar-refractivity contribution in [3.05, 3.63) is 53.1 Å². The number of benzene rings is 2. The number of aryl methyl sites for hydroxylation is 1. The van der Waals surface area contributed by atoms with Crippen molar-refractivity contribution in [2.45, 2.75) is 47.1 Å². The summed E-state index contributed by atoms with van der Waals surface area (Å²) in [5.74, 6) is 0.136. The zero-order valence-electron chi connectivity index (χ0n) is 18.2. The fourth-order valence-corrected chi connectivity index (χ4v) is 3.38. The van der Waals surface area contributed by atoms with E-state index in [-0.39, 0.29) is 17.8 Å². The lowest BCUT2D eigenvalue weighted by molar-refractivity contribution is -0.144. The summed E-state index contributed by atoms with van der Waals surface area (Å²) >= 11 is 0. The van der Waals surface area contributed by atoms with Crippen LogP contribution in [0.5, 0.6) is 5.75 Å². The molecule has 0 aliphatic heterocycles. The molecule has 2 aromatic rings. The molecule has 2 aromatic carbocycles. The molecule has 0 fully saturated rings. The number of hydrogen-bond donors (Lipinski definition) is 0. The Labute approximate surface area is 173 Å². The van der Waals surface area contributed by atoms with Crippen LogP contribution < -0.4 is 4.74 Å². The van der Waals surface area contributed by atoms with Crippen molar-refractivity contribution in [1.82, 2.24) is 4.90 Å². The van der Waals surface area contributed by atoms with Crippen molar-refractivity contribution in [2.24, 2.45) is 0 Å². The predicted octanol–water partition coefficient (Wildman–Crippen LogP) is 4.71. The largest absolute Gasteiger partial charge is 0.496 e. The maximum atomic E-state index is 12.2. The van der Waals surface area contributed by atoms with Gasteiger partial charge in [-0.3, -0.25) is 9.59 Å². The second-order valence-electron chi connectivity index (χ2n) is 7.13. The Hall–Kier alpha value is -2.82. The zero-order valence-corrected chi connectivity index (χ0v) is 18.2. The van der Waals surface area contributed by atoms with Crippen molar-refractivity contribution in [2.75, 3.05) is 20.3 Å². The van der Waals surface area contributed by atoms with Gasteiger partial charge in [0.1, 0.15) is 5.75 Å². The van der Waals surface area contributed by atoms with Gasteiger partial charge in [0.05, 0.1) is 19.6 Å². The van der Waals surface area contributed by atoms with Crippen LogP contribution in [-0.2, 0) is 20.9 Å². The van der Waals surface area contributed by atoms with E-state index in [4.69, 9.17) is 9.47 Å². The standard InChI is InChI=1S/C24H31NO4/c1-7-25(18(5)26)15-20-13-16(3)9-11-21(20)22-14-19(10-12-23(22)28-6)17(4)24(27)29-8-2/h9-14,17H,7-8,15H2,1-6H3. The molecule has 0 bridgehead atoms. The third kappa shape index (κ3) is 5.37. The molecule has 0 saturated carbocycles.